The highest BCUT2D eigenvalue weighted by Gasteiger charge is 2.17. The molecule has 18 heavy (non-hydrogen) atoms. The maximum Gasteiger partial charge on any atom is 0.178 e. The Kier molecular flexibility index (Phi) is 5.27. The number of hydrazine groups is 1. The highest BCUT2D eigenvalue weighted by atomic mass is 19.1. The number of aromatic nitrogens is 1. The Labute approximate surface area is 106 Å². The van der Waals surface area contributed by atoms with Gasteiger partial charge in [-0.2, -0.15) is 0 Å². The molecule has 0 saturated heterocycles. The molecular weight excluding hydrogens is 238 g/mol. The van der Waals surface area contributed by atoms with Gasteiger partial charge in [0.2, 0.25) is 0 Å². The summed E-state index contributed by atoms with van der Waals surface area (Å²) < 4.78 is 26.8. The summed E-state index contributed by atoms with van der Waals surface area (Å²) in [6.07, 6.45) is 1.96. The molecule has 0 amide bonds. The van der Waals surface area contributed by atoms with Crippen LogP contribution in [0.25, 0.3) is 0 Å². The topological polar surface area (TPSA) is 63.0 Å². The minimum absolute atomic E-state index is 0.0174. The molecule has 0 aliphatic rings. The minimum Gasteiger partial charge on any atom is -0.365 e. The number of hydrogen-bond acceptors (Lipinski definition) is 4. The lowest BCUT2D eigenvalue weighted by atomic mass is 9.95. The van der Waals surface area contributed by atoms with Crippen molar-refractivity contribution < 1.29 is 8.78 Å². The molecule has 6 heteroatoms. The number of pyridine rings is 1. The Balaban J connectivity index is 2.90. The number of anilines is 2. The summed E-state index contributed by atoms with van der Waals surface area (Å²) in [7, 11) is 0. The van der Waals surface area contributed by atoms with Gasteiger partial charge in [0, 0.05) is 12.1 Å². The fraction of sp³-hybridized carbons (Fsp3) is 0.583. The first-order valence-corrected chi connectivity index (χ1v) is 6.12. The van der Waals surface area contributed by atoms with Crippen LogP contribution in [0.3, 0.4) is 0 Å². The molecule has 0 fully saturated rings. The summed E-state index contributed by atoms with van der Waals surface area (Å²) >= 11 is 0. The van der Waals surface area contributed by atoms with Crippen LogP contribution in [0.15, 0.2) is 6.07 Å². The van der Waals surface area contributed by atoms with Gasteiger partial charge in [-0.25, -0.2) is 19.6 Å². The molecule has 102 valence electrons. The molecule has 1 unspecified atom stereocenters. The molecule has 0 bridgehead atoms. The van der Waals surface area contributed by atoms with Gasteiger partial charge in [-0.15, -0.1) is 0 Å². The largest absolute Gasteiger partial charge is 0.365 e. The van der Waals surface area contributed by atoms with Gasteiger partial charge >= 0.3 is 0 Å². The van der Waals surface area contributed by atoms with Crippen LogP contribution in [0.5, 0.6) is 0 Å². The van der Waals surface area contributed by atoms with E-state index in [0.29, 0.717) is 5.92 Å². The molecule has 0 saturated carbocycles. The first kappa shape index (κ1) is 14.6. The number of nitrogens with two attached hydrogens (primary N) is 1. The van der Waals surface area contributed by atoms with E-state index < -0.39 is 11.6 Å². The zero-order valence-corrected chi connectivity index (χ0v) is 10.9. The van der Waals surface area contributed by atoms with E-state index in [9.17, 15) is 8.78 Å². The van der Waals surface area contributed by atoms with Crippen molar-refractivity contribution in [2.45, 2.75) is 39.7 Å². The Morgan fingerprint density at radius 2 is 1.78 bits per heavy atom. The molecule has 4 N–H and O–H groups in total. The van der Waals surface area contributed by atoms with Gasteiger partial charge in [-0.1, -0.05) is 26.7 Å². The van der Waals surface area contributed by atoms with Crippen molar-refractivity contribution in [3.63, 3.8) is 0 Å². The molecule has 0 aromatic carbocycles. The van der Waals surface area contributed by atoms with Crippen LogP contribution in [0, 0.1) is 17.6 Å². The standard InChI is InChI=1S/C12H20F2N4/c1-4-8(5-2)7(3)16-11-9(13)6-10(14)12(17-11)18-15/h6-8H,4-5,15H2,1-3H3,(H2,16,17,18). The van der Waals surface area contributed by atoms with Gasteiger partial charge in [0.05, 0.1) is 0 Å². The highest BCUT2D eigenvalue weighted by molar-refractivity contribution is 5.47. The van der Waals surface area contributed by atoms with E-state index in [4.69, 9.17) is 5.84 Å². The van der Waals surface area contributed by atoms with Crippen LogP contribution in [-0.4, -0.2) is 11.0 Å². The summed E-state index contributed by atoms with van der Waals surface area (Å²) in [6, 6.07) is 0.822. The molecule has 0 aliphatic heterocycles. The zero-order chi connectivity index (χ0) is 13.7. The van der Waals surface area contributed by atoms with Crippen molar-refractivity contribution in [2.24, 2.45) is 11.8 Å². The summed E-state index contributed by atoms with van der Waals surface area (Å²) in [5.41, 5.74) is 2.10. The van der Waals surface area contributed by atoms with Crippen molar-refractivity contribution in [3.05, 3.63) is 17.7 Å². The third-order valence-corrected chi connectivity index (χ3v) is 3.19. The first-order valence-electron chi connectivity index (χ1n) is 6.12. The maximum atomic E-state index is 13.6. The number of halogens is 2. The van der Waals surface area contributed by atoms with E-state index in [1.165, 1.54) is 0 Å². The second-order valence-corrected chi connectivity index (χ2v) is 4.30. The summed E-state index contributed by atoms with van der Waals surface area (Å²) in [6.45, 7) is 6.11. The van der Waals surface area contributed by atoms with Gasteiger partial charge in [0.15, 0.2) is 23.3 Å². The predicted molar refractivity (Wildman–Crippen MR) is 69.1 cm³/mol. The number of hydrogen-bond donors (Lipinski definition) is 3. The molecule has 0 radical (unpaired) electrons. The molecule has 1 heterocycles. The predicted octanol–water partition coefficient (Wildman–Crippen LogP) is 2.88. The molecule has 1 aromatic heterocycles. The van der Waals surface area contributed by atoms with Gasteiger partial charge in [0.1, 0.15) is 0 Å². The highest BCUT2D eigenvalue weighted by Crippen LogP contribution is 2.22. The molecule has 1 rings (SSSR count). The van der Waals surface area contributed by atoms with E-state index in [1.807, 2.05) is 6.92 Å². The van der Waals surface area contributed by atoms with Crippen LogP contribution < -0.4 is 16.6 Å². The SMILES string of the molecule is CCC(CC)C(C)Nc1nc(NN)c(F)cc1F. The van der Waals surface area contributed by atoms with Crippen molar-refractivity contribution in [1.29, 1.82) is 0 Å². The molecule has 1 atom stereocenters. The Hall–Kier alpha value is -1.43. The van der Waals surface area contributed by atoms with Crippen molar-refractivity contribution >= 4 is 11.6 Å². The van der Waals surface area contributed by atoms with Gasteiger partial charge in [-0.05, 0) is 12.8 Å². The fourth-order valence-electron chi connectivity index (χ4n) is 2.00. The van der Waals surface area contributed by atoms with Crippen LogP contribution in [0.1, 0.15) is 33.6 Å². The van der Waals surface area contributed by atoms with Gasteiger partial charge < -0.3 is 10.7 Å². The van der Waals surface area contributed by atoms with Crippen LogP contribution in [0.2, 0.25) is 0 Å². The number of nitrogen functional groups attached to an aromatic ring is 1. The summed E-state index contributed by atoms with van der Waals surface area (Å²) in [5.74, 6) is 3.84. The summed E-state index contributed by atoms with van der Waals surface area (Å²) in [4.78, 5) is 3.78. The van der Waals surface area contributed by atoms with Crippen molar-refractivity contribution in [3.8, 4) is 0 Å². The van der Waals surface area contributed by atoms with E-state index in [2.05, 4.69) is 29.6 Å². The van der Waals surface area contributed by atoms with E-state index in [0.717, 1.165) is 18.9 Å². The van der Waals surface area contributed by atoms with Crippen LogP contribution in [-0.2, 0) is 0 Å². The van der Waals surface area contributed by atoms with E-state index >= 15 is 0 Å². The van der Waals surface area contributed by atoms with Crippen LogP contribution in [0.4, 0.5) is 20.4 Å². The Morgan fingerprint density at radius 3 is 2.28 bits per heavy atom. The van der Waals surface area contributed by atoms with Gasteiger partial charge in [0.25, 0.3) is 0 Å². The second-order valence-electron chi connectivity index (χ2n) is 4.30. The Morgan fingerprint density at radius 1 is 1.22 bits per heavy atom. The Bertz CT molecular complexity index is 394. The lowest BCUT2D eigenvalue weighted by molar-refractivity contribution is 0.434. The first-order chi connectivity index (χ1) is 8.53. The van der Waals surface area contributed by atoms with E-state index in [1.54, 1.807) is 0 Å². The van der Waals surface area contributed by atoms with Crippen LogP contribution >= 0.6 is 0 Å². The third-order valence-electron chi connectivity index (χ3n) is 3.19. The third kappa shape index (κ3) is 3.29. The quantitative estimate of drug-likeness (QED) is 0.542. The fourth-order valence-corrected chi connectivity index (χ4v) is 2.00. The molecule has 4 nitrogen and oxygen atoms in total. The number of nitrogens with one attached hydrogen (secondary N) is 2. The number of nitrogens with zero attached hydrogens (tertiary/aromatic N) is 1. The normalized spacial score (nSPS) is 12.6. The zero-order valence-electron chi connectivity index (χ0n) is 10.9. The summed E-state index contributed by atoms with van der Waals surface area (Å²) in [5, 5.41) is 2.97. The average molecular weight is 258 g/mol. The lowest BCUT2D eigenvalue weighted by Gasteiger charge is -2.23. The average Bonchev–Trinajstić information content (AvgIpc) is 2.34. The molecule has 1 aromatic rings. The second kappa shape index (κ2) is 6.49. The van der Waals surface area contributed by atoms with Crippen molar-refractivity contribution in [1.82, 2.24) is 4.98 Å². The molecule has 0 aliphatic carbocycles. The monoisotopic (exact) mass is 258 g/mol. The lowest BCUT2D eigenvalue weighted by Crippen LogP contribution is -2.26. The van der Waals surface area contributed by atoms with Crippen molar-refractivity contribution in [2.75, 3.05) is 10.7 Å². The van der Waals surface area contributed by atoms with Gasteiger partial charge in [-0.3, -0.25) is 0 Å². The minimum atomic E-state index is -0.810. The van der Waals surface area contributed by atoms with E-state index in [-0.39, 0.29) is 17.7 Å². The maximum absolute atomic E-state index is 13.6. The smallest absolute Gasteiger partial charge is 0.178 e. The molecule has 0 spiro atoms. The molecular formula is C12H20F2N4. The number of rotatable bonds is 6.